The first kappa shape index (κ1) is 28.1. The fourth-order valence-electron chi connectivity index (χ4n) is 6.67. The highest BCUT2D eigenvalue weighted by Gasteiger charge is 2.11. The van der Waals surface area contributed by atoms with Crippen molar-refractivity contribution >= 4 is 54.5 Å². The lowest BCUT2D eigenvalue weighted by Crippen LogP contribution is -1.93. The molecule has 0 fully saturated rings. The van der Waals surface area contributed by atoms with Crippen LogP contribution in [0.15, 0.2) is 158 Å². The van der Waals surface area contributed by atoms with Gasteiger partial charge in [0.1, 0.15) is 5.69 Å². The van der Waals surface area contributed by atoms with Crippen molar-refractivity contribution in [2.75, 3.05) is 0 Å². The van der Waals surface area contributed by atoms with Crippen LogP contribution < -0.4 is 0 Å². The minimum Gasteiger partial charge on any atom is -0.254 e. The van der Waals surface area contributed by atoms with E-state index in [0.717, 1.165) is 93.9 Å². The molecule has 5 heterocycles. The number of para-hydroxylation sites is 1. The van der Waals surface area contributed by atoms with E-state index in [1.54, 1.807) is 0 Å². The van der Waals surface area contributed by atoms with Gasteiger partial charge in [0.2, 0.25) is 0 Å². The molecule has 0 radical (unpaired) electrons. The zero-order valence-corrected chi connectivity index (χ0v) is 26.7. The van der Waals surface area contributed by atoms with Crippen LogP contribution in [0.3, 0.4) is 0 Å². The van der Waals surface area contributed by atoms with E-state index in [4.69, 9.17) is 19.9 Å². The summed E-state index contributed by atoms with van der Waals surface area (Å²) in [5.41, 5.74) is 11.4. The second kappa shape index (κ2) is 11.4. The third-order valence-electron chi connectivity index (χ3n) is 9.34. The summed E-state index contributed by atoms with van der Waals surface area (Å²) >= 11 is 0. The zero-order valence-electron chi connectivity index (χ0n) is 26.7. The molecule has 0 saturated carbocycles. The van der Waals surface area contributed by atoms with Gasteiger partial charge in [0.25, 0.3) is 0 Å². The van der Waals surface area contributed by atoms with Gasteiger partial charge in [-0.05, 0) is 53.6 Å². The van der Waals surface area contributed by atoms with Crippen LogP contribution in [-0.4, -0.2) is 29.9 Å². The molecule has 5 aromatic heterocycles. The predicted molar refractivity (Wildman–Crippen MR) is 202 cm³/mol. The topological polar surface area (TPSA) is 77.3 Å². The third-order valence-corrected chi connectivity index (χ3v) is 9.34. The maximum atomic E-state index is 5.10. The monoisotopic (exact) mass is 638 g/mol. The minimum atomic E-state index is 0.611. The SMILES string of the molecule is c1ccc2nc(-c3ccc4ccc(-c5ccc6ccc(-c7ccc(-c8ccc9ccc%10cccnc%10c9n8)cc7)cc6n5)cc4n3)ncc2c1. The Bertz CT molecular complexity index is 2940. The first-order valence-electron chi connectivity index (χ1n) is 16.5. The van der Waals surface area contributed by atoms with Crippen molar-refractivity contribution in [3.8, 4) is 45.2 Å². The normalized spacial score (nSPS) is 11.6. The highest BCUT2D eigenvalue weighted by molar-refractivity contribution is 6.03. The van der Waals surface area contributed by atoms with E-state index in [9.17, 15) is 0 Å². The molecule has 0 amide bonds. The predicted octanol–water partition coefficient (Wildman–Crippen LogP) is 10.5. The van der Waals surface area contributed by atoms with Crippen molar-refractivity contribution in [2.45, 2.75) is 0 Å². The summed E-state index contributed by atoms with van der Waals surface area (Å²) in [6, 6.07) is 50.0. The Kier molecular flexibility index (Phi) is 6.39. The Hall–Kier alpha value is -6.92. The molecule has 6 heteroatoms. The van der Waals surface area contributed by atoms with E-state index in [-0.39, 0.29) is 0 Å². The van der Waals surface area contributed by atoms with E-state index in [2.05, 4.69) is 119 Å². The Morgan fingerprint density at radius 1 is 0.320 bits per heavy atom. The second-order valence-electron chi connectivity index (χ2n) is 12.4. The van der Waals surface area contributed by atoms with Crippen molar-refractivity contribution in [3.63, 3.8) is 0 Å². The molecule has 10 aromatic rings. The van der Waals surface area contributed by atoms with Crippen LogP contribution in [0.5, 0.6) is 0 Å². The molecule has 5 aromatic carbocycles. The van der Waals surface area contributed by atoms with Gasteiger partial charge in [-0.3, -0.25) is 4.98 Å². The number of pyridine rings is 4. The zero-order chi connectivity index (χ0) is 33.0. The standard InChI is InChI=1S/C44H26N6/c1-2-6-36-35(4-1)26-46-44(50-36)39-22-18-30-12-16-34(25-41(30)48-39)38-20-17-29-11-15-33(24-40(29)47-38)27-7-9-28(10-8-27)37-21-19-32-14-13-31-5-3-23-45-42(31)43(32)49-37/h1-26H. The molecule has 0 aliphatic heterocycles. The fraction of sp³-hybridized carbons (Fsp3) is 0. The van der Waals surface area contributed by atoms with Crippen molar-refractivity contribution in [2.24, 2.45) is 0 Å². The molecular weight excluding hydrogens is 613 g/mol. The maximum Gasteiger partial charge on any atom is 0.178 e. The molecule has 0 saturated heterocycles. The van der Waals surface area contributed by atoms with Gasteiger partial charge in [-0.2, -0.15) is 0 Å². The number of aromatic nitrogens is 6. The molecule has 10 rings (SSSR count). The minimum absolute atomic E-state index is 0.611. The Balaban J connectivity index is 0.965. The second-order valence-corrected chi connectivity index (χ2v) is 12.4. The van der Waals surface area contributed by atoms with E-state index in [1.807, 2.05) is 48.8 Å². The molecule has 232 valence electrons. The average molecular weight is 639 g/mol. The van der Waals surface area contributed by atoms with Gasteiger partial charge >= 0.3 is 0 Å². The maximum absolute atomic E-state index is 5.10. The summed E-state index contributed by atoms with van der Waals surface area (Å²) in [6.07, 6.45) is 3.67. The molecular formula is C44H26N6. The molecule has 6 nitrogen and oxygen atoms in total. The smallest absolute Gasteiger partial charge is 0.178 e. The van der Waals surface area contributed by atoms with Gasteiger partial charge in [-0.15, -0.1) is 0 Å². The van der Waals surface area contributed by atoms with Gasteiger partial charge in [-0.1, -0.05) is 103 Å². The number of hydrogen-bond donors (Lipinski definition) is 0. The Labute approximate surface area is 286 Å². The van der Waals surface area contributed by atoms with Crippen molar-refractivity contribution < 1.29 is 0 Å². The van der Waals surface area contributed by atoms with Gasteiger partial charge in [0.05, 0.1) is 39.0 Å². The lowest BCUT2D eigenvalue weighted by Gasteiger charge is -2.09. The van der Waals surface area contributed by atoms with Crippen LogP contribution in [0, 0.1) is 0 Å². The highest BCUT2D eigenvalue weighted by atomic mass is 14.9. The van der Waals surface area contributed by atoms with E-state index >= 15 is 0 Å². The number of hydrogen-bond acceptors (Lipinski definition) is 6. The van der Waals surface area contributed by atoms with Crippen LogP contribution in [-0.2, 0) is 0 Å². The van der Waals surface area contributed by atoms with Crippen LogP contribution >= 0.6 is 0 Å². The lowest BCUT2D eigenvalue weighted by molar-refractivity contribution is 1.19. The summed E-state index contributed by atoms with van der Waals surface area (Å²) in [5, 5.41) is 5.32. The summed E-state index contributed by atoms with van der Waals surface area (Å²) in [7, 11) is 0. The molecule has 50 heavy (non-hydrogen) atoms. The van der Waals surface area contributed by atoms with E-state index < -0.39 is 0 Å². The summed E-state index contributed by atoms with van der Waals surface area (Å²) in [6.45, 7) is 0. The van der Waals surface area contributed by atoms with E-state index in [0.29, 0.717) is 5.82 Å². The lowest BCUT2D eigenvalue weighted by atomic mass is 10.00. The van der Waals surface area contributed by atoms with Crippen molar-refractivity contribution in [3.05, 3.63) is 158 Å². The first-order chi connectivity index (χ1) is 24.7. The fourth-order valence-corrected chi connectivity index (χ4v) is 6.67. The Morgan fingerprint density at radius 2 is 0.900 bits per heavy atom. The number of benzene rings is 5. The largest absolute Gasteiger partial charge is 0.254 e. The van der Waals surface area contributed by atoms with Gasteiger partial charge in [-0.25, -0.2) is 24.9 Å². The molecule has 0 atom stereocenters. The molecule has 0 spiro atoms. The highest BCUT2D eigenvalue weighted by Crippen LogP contribution is 2.31. The number of nitrogens with zero attached hydrogens (tertiary/aromatic N) is 6. The molecule has 0 bridgehead atoms. The Morgan fingerprint density at radius 3 is 1.74 bits per heavy atom. The van der Waals surface area contributed by atoms with Crippen molar-refractivity contribution in [1.29, 1.82) is 0 Å². The van der Waals surface area contributed by atoms with E-state index in [1.165, 1.54) is 0 Å². The van der Waals surface area contributed by atoms with Crippen LogP contribution in [0.2, 0.25) is 0 Å². The number of rotatable bonds is 4. The molecule has 0 unspecified atom stereocenters. The van der Waals surface area contributed by atoms with Gasteiger partial charge in [0.15, 0.2) is 5.82 Å². The first-order valence-corrected chi connectivity index (χ1v) is 16.5. The van der Waals surface area contributed by atoms with Crippen LogP contribution in [0.4, 0.5) is 0 Å². The van der Waals surface area contributed by atoms with Gasteiger partial charge < -0.3 is 0 Å². The molecule has 0 aliphatic rings. The van der Waals surface area contributed by atoms with Crippen molar-refractivity contribution in [1.82, 2.24) is 29.9 Å². The average Bonchev–Trinajstić information content (AvgIpc) is 3.19. The summed E-state index contributed by atoms with van der Waals surface area (Å²) in [5.74, 6) is 0.611. The van der Waals surface area contributed by atoms with Crippen LogP contribution in [0.1, 0.15) is 0 Å². The quantitative estimate of drug-likeness (QED) is 0.179. The summed E-state index contributed by atoms with van der Waals surface area (Å²) in [4.78, 5) is 29.0. The number of fused-ring (bicyclic) bond motifs is 6. The molecule has 0 aliphatic carbocycles. The molecule has 0 N–H and O–H groups in total. The summed E-state index contributed by atoms with van der Waals surface area (Å²) < 4.78 is 0. The third kappa shape index (κ3) is 4.90. The van der Waals surface area contributed by atoms with Gasteiger partial charge in [0, 0.05) is 50.5 Å². The van der Waals surface area contributed by atoms with Crippen LogP contribution in [0.25, 0.3) is 99.7 Å².